The molecule has 1 heterocycles. The summed E-state index contributed by atoms with van der Waals surface area (Å²) in [5.41, 5.74) is 7.29. The van der Waals surface area contributed by atoms with Gasteiger partial charge in [0.15, 0.2) is 0 Å². The molecule has 1 saturated heterocycles. The predicted molar refractivity (Wildman–Crippen MR) is 56.8 cm³/mol. The second-order valence-electron chi connectivity index (χ2n) is 3.95. The van der Waals surface area contributed by atoms with Crippen molar-refractivity contribution in [1.29, 1.82) is 0 Å². The molecule has 1 unspecified atom stereocenters. The molecule has 1 aromatic rings. The molecule has 1 atom stereocenters. The van der Waals surface area contributed by atoms with Crippen LogP contribution in [0.15, 0.2) is 24.3 Å². The molecule has 3 nitrogen and oxygen atoms in total. The summed E-state index contributed by atoms with van der Waals surface area (Å²) in [5, 5.41) is 13.1. The summed E-state index contributed by atoms with van der Waals surface area (Å²) in [7, 11) is 0. The summed E-state index contributed by atoms with van der Waals surface area (Å²) in [6, 6.07) is 7.48. The van der Waals surface area contributed by atoms with Gasteiger partial charge in [-0.1, -0.05) is 12.1 Å². The van der Waals surface area contributed by atoms with Gasteiger partial charge in [0.2, 0.25) is 0 Å². The number of nitrogen functional groups attached to an aromatic ring is 1. The fourth-order valence-corrected chi connectivity index (χ4v) is 1.73. The number of hydrogen-bond donors (Lipinski definition) is 3. The van der Waals surface area contributed by atoms with Gasteiger partial charge < -0.3 is 16.2 Å². The minimum Gasteiger partial charge on any atom is -0.399 e. The molecule has 2 rings (SSSR count). The molecule has 0 bridgehead atoms. The van der Waals surface area contributed by atoms with Crippen LogP contribution in [0.25, 0.3) is 0 Å². The Morgan fingerprint density at radius 2 is 2.29 bits per heavy atom. The normalized spacial score (nSPS) is 18.9. The van der Waals surface area contributed by atoms with Gasteiger partial charge in [0, 0.05) is 5.69 Å². The van der Waals surface area contributed by atoms with E-state index in [1.165, 1.54) is 0 Å². The van der Waals surface area contributed by atoms with Gasteiger partial charge in [0.25, 0.3) is 0 Å². The van der Waals surface area contributed by atoms with Crippen molar-refractivity contribution in [3.63, 3.8) is 0 Å². The summed E-state index contributed by atoms with van der Waals surface area (Å²) in [6.07, 6.45) is 0.460. The van der Waals surface area contributed by atoms with Crippen LogP contribution < -0.4 is 11.1 Å². The fraction of sp³-hybridized carbons (Fsp3) is 0.455. The van der Waals surface area contributed by atoms with Crippen LogP contribution in [-0.2, 0) is 0 Å². The highest BCUT2D eigenvalue weighted by Gasteiger charge is 2.21. The Balaban J connectivity index is 1.98. The van der Waals surface area contributed by atoms with E-state index in [2.05, 4.69) is 5.32 Å². The molecule has 14 heavy (non-hydrogen) atoms. The quantitative estimate of drug-likeness (QED) is 0.624. The second kappa shape index (κ2) is 3.98. The largest absolute Gasteiger partial charge is 0.399 e. The molecule has 3 heteroatoms. The van der Waals surface area contributed by atoms with Crippen LogP contribution in [0, 0.1) is 5.92 Å². The standard InChI is InChI=1S/C11H16N2O/c12-10-3-1-2-9(5-10)11(14)4-8-6-13-7-8/h1-3,5,8,11,13-14H,4,6-7,12H2. The SMILES string of the molecule is Nc1cccc(C(O)CC2CNC2)c1. The Kier molecular flexibility index (Phi) is 2.70. The molecular formula is C11H16N2O. The lowest BCUT2D eigenvalue weighted by Crippen LogP contribution is -2.42. The third-order valence-corrected chi connectivity index (χ3v) is 2.72. The van der Waals surface area contributed by atoms with Crippen molar-refractivity contribution in [1.82, 2.24) is 5.32 Å². The molecule has 0 saturated carbocycles. The third kappa shape index (κ3) is 2.05. The summed E-state index contributed by atoms with van der Waals surface area (Å²) in [4.78, 5) is 0. The Bertz CT molecular complexity index is 310. The molecule has 1 aliphatic heterocycles. The maximum absolute atomic E-state index is 9.90. The first-order chi connectivity index (χ1) is 6.75. The van der Waals surface area contributed by atoms with Gasteiger partial charge in [-0.2, -0.15) is 0 Å². The number of hydrogen-bond acceptors (Lipinski definition) is 3. The molecule has 1 fully saturated rings. The van der Waals surface area contributed by atoms with E-state index in [1.807, 2.05) is 24.3 Å². The zero-order chi connectivity index (χ0) is 9.97. The minimum absolute atomic E-state index is 0.370. The molecule has 0 amide bonds. The number of benzene rings is 1. The number of nitrogens with two attached hydrogens (primary N) is 1. The van der Waals surface area contributed by atoms with Crippen LogP contribution >= 0.6 is 0 Å². The van der Waals surface area contributed by atoms with E-state index in [1.54, 1.807) is 0 Å². The van der Waals surface area contributed by atoms with Gasteiger partial charge in [-0.15, -0.1) is 0 Å². The van der Waals surface area contributed by atoms with Gasteiger partial charge in [0.1, 0.15) is 0 Å². The topological polar surface area (TPSA) is 58.3 Å². The first-order valence-electron chi connectivity index (χ1n) is 5.00. The number of anilines is 1. The van der Waals surface area contributed by atoms with Crippen molar-refractivity contribution in [3.05, 3.63) is 29.8 Å². The average Bonchev–Trinajstić information content (AvgIpc) is 2.11. The first-order valence-corrected chi connectivity index (χ1v) is 5.00. The van der Waals surface area contributed by atoms with E-state index < -0.39 is 0 Å². The van der Waals surface area contributed by atoms with Crippen LogP contribution in [0.5, 0.6) is 0 Å². The van der Waals surface area contributed by atoms with E-state index >= 15 is 0 Å². The van der Waals surface area contributed by atoms with Crippen molar-refractivity contribution in [2.75, 3.05) is 18.8 Å². The van der Waals surface area contributed by atoms with Gasteiger partial charge in [0.05, 0.1) is 6.10 Å². The van der Waals surface area contributed by atoms with Crippen molar-refractivity contribution < 1.29 is 5.11 Å². The Morgan fingerprint density at radius 1 is 1.50 bits per heavy atom. The molecule has 1 aliphatic rings. The number of nitrogens with one attached hydrogen (secondary N) is 1. The van der Waals surface area contributed by atoms with E-state index in [0.29, 0.717) is 11.6 Å². The van der Waals surface area contributed by atoms with E-state index in [-0.39, 0.29) is 6.10 Å². The van der Waals surface area contributed by atoms with Crippen LogP contribution in [0.2, 0.25) is 0 Å². The number of rotatable bonds is 3. The maximum atomic E-state index is 9.90. The van der Waals surface area contributed by atoms with Crippen molar-refractivity contribution in [2.45, 2.75) is 12.5 Å². The lowest BCUT2D eigenvalue weighted by Gasteiger charge is -2.29. The first kappa shape index (κ1) is 9.49. The number of aliphatic hydroxyl groups excluding tert-OH is 1. The summed E-state index contributed by atoms with van der Waals surface area (Å²) < 4.78 is 0. The van der Waals surface area contributed by atoms with E-state index in [9.17, 15) is 5.11 Å². The van der Waals surface area contributed by atoms with Crippen LogP contribution in [0.1, 0.15) is 18.1 Å². The Labute approximate surface area is 83.9 Å². The zero-order valence-electron chi connectivity index (χ0n) is 8.11. The molecule has 0 aliphatic carbocycles. The van der Waals surface area contributed by atoms with E-state index in [0.717, 1.165) is 25.1 Å². The van der Waals surface area contributed by atoms with Crippen LogP contribution in [0.3, 0.4) is 0 Å². The van der Waals surface area contributed by atoms with Crippen molar-refractivity contribution in [3.8, 4) is 0 Å². The fourth-order valence-electron chi connectivity index (χ4n) is 1.73. The molecule has 4 N–H and O–H groups in total. The highest BCUT2D eigenvalue weighted by molar-refractivity contribution is 5.41. The third-order valence-electron chi connectivity index (χ3n) is 2.72. The maximum Gasteiger partial charge on any atom is 0.0794 e. The molecule has 1 aromatic carbocycles. The lowest BCUT2D eigenvalue weighted by molar-refractivity contribution is 0.127. The molecule has 0 radical (unpaired) electrons. The van der Waals surface area contributed by atoms with Crippen molar-refractivity contribution >= 4 is 5.69 Å². The van der Waals surface area contributed by atoms with Gasteiger partial charge >= 0.3 is 0 Å². The van der Waals surface area contributed by atoms with E-state index in [4.69, 9.17) is 5.73 Å². The highest BCUT2D eigenvalue weighted by Crippen LogP contribution is 2.24. The lowest BCUT2D eigenvalue weighted by atomic mass is 9.92. The highest BCUT2D eigenvalue weighted by atomic mass is 16.3. The average molecular weight is 192 g/mol. The number of aliphatic hydroxyl groups is 1. The van der Waals surface area contributed by atoms with Crippen LogP contribution in [-0.4, -0.2) is 18.2 Å². The summed E-state index contributed by atoms with van der Waals surface area (Å²) in [5.74, 6) is 0.617. The van der Waals surface area contributed by atoms with Gasteiger partial charge in [-0.3, -0.25) is 0 Å². The minimum atomic E-state index is -0.370. The molecule has 0 aromatic heterocycles. The monoisotopic (exact) mass is 192 g/mol. The molecule has 0 spiro atoms. The predicted octanol–water partition coefficient (Wildman–Crippen LogP) is 0.912. The Morgan fingerprint density at radius 3 is 2.86 bits per heavy atom. The molecule has 76 valence electrons. The Hall–Kier alpha value is -1.06. The van der Waals surface area contributed by atoms with Crippen molar-refractivity contribution in [2.24, 2.45) is 5.92 Å². The van der Waals surface area contributed by atoms with Gasteiger partial charge in [-0.25, -0.2) is 0 Å². The second-order valence-corrected chi connectivity index (χ2v) is 3.95. The van der Waals surface area contributed by atoms with Gasteiger partial charge in [-0.05, 0) is 43.1 Å². The van der Waals surface area contributed by atoms with Crippen LogP contribution in [0.4, 0.5) is 5.69 Å². The zero-order valence-corrected chi connectivity index (χ0v) is 8.11. The summed E-state index contributed by atoms with van der Waals surface area (Å²) >= 11 is 0. The smallest absolute Gasteiger partial charge is 0.0794 e. The summed E-state index contributed by atoms with van der Waals surface area (Å²) in [6.45, 7) is 2.05. The molecular weight excluding hydrogens is 176 g/mol.